The van der Waals surface area contributed by atoms with Crippen LogP contribution >= 0.6 is 0 Å². The van der Waals surface area contributed by atoms with Gasteiger partial charge < -0.3 is 15.5 Å². The Morgan fingerprint density at radius 1 is 1.13 bits per heavy atom. The number of carboxylic acids is 1. The SMILES string of the molecule is Cc1c(CC(=O)NC(C)CC(=O)O)c2cc(O)c(F)cc2n1C(=O)c1ccc(F)cc1. The van der Waals surface area contributed by atoms with Crippen molar-refractivity contribution in [3.8, 4) is 5.75 Å². The van der Waals surface area contributed by atoms with Crippen molar-refractivity contribution >= 4 is 28.7 Å². The summed E-state index contributed by atoms with van der Waals surface area (Å²) in [4.78, 5) is 36.3. The van der Waals surface area contributed by atoms with Crippen molar-refractivity contribution in [3.63, 3.8) is 0 Å². The maximum atomic E-state index is 14.1. The molecule has 0 saturated carbocycles. The van der Waals surface area contributed by atoms with Gasteiger partial charge in [0.1, 0.15) is 5.82 Å². The molecule has 0 aliphatic heterocycles. The van der Waals surface area contributed by atoms with Crippen LogP contribution in [-0.4, -0.2) is 38.6 Å². The number of nitrogens with one attached hydrogen (secondary N) is 1. The molecular weight excluding hydrogens is 410 g/mol. The van der Waals surface area contributed by atoms with Crippen LogP contribution in [0.3, 0.4) is 0 Å². The molecule has 1 amide bonds. The van der Waals surface area contributed by atoms with E-state index in [9.17, 15) is 28.3 Å². The number of aromatic nitrogens is 1. The van der Waals surface area contributed by atoms with Gasteiger partial charge in [-0.1, -0.05) is 0 Å². The summed E-state index contributed by atoms with van der Waals surface area (Å²) >= 11 is 0. The zero-order valence-corrected chi connectivity index (χ0v) is 16.8. The molecule has 9 heteroatoms. The van der Waals surface area contributed by atoms with Gasteiger partial charge in [0.05, 0.1) is 18.4 Å². The summed E-state index contributed by atoms with van der Waals surface area (Å²) in [5.41, 5.74) is 1.01. The average Bonchev–Trinajstić information content (AvgIpc) is 2.92. The summed E-state index contributed by atoms with van der Waals surface area (Å²) in [6, 6.07) is 6.34. The van der Waals surface area contributed by atoms with Gasteiger partial charge in [-0.25, -0.2) is 8.78 Å². The maximum Gasteiger partial charge on any atom is 0.305 e. The molecular formula is C22H20F2N2O5. The van der Waals surface area contributed by atoms with E-state index in [-0.39, 0.29) is 23.9 Å². The number of carboxylic acid groups (broad SMARTS) is 1. The normalized spacial score (nSPS) is 12.0. The molecule has 1 atom stereocenters. The molecule has 0 aliphatic carbocycles. The van der Waals surface area contributed by atoms with E-state index in [1.165, 1.54) is 16.7 Å². The van der Waals surface area contributed by atoms with Crippen LogP contribution in [0, 0.1) is 18.6 Å². The lowest BCUT2D eigenvalue weighted by Gasteiger charge is -2.12. The Kier molecular flexibility index (Phi) is 6.05. The number of aromatic hydroxyl groups is 1. The predicted octanol–water partition coefficient (Wildman–Crippen LogP) is 3.14. The number of rotatable bonds is 6. The Morgan fingerprint density at radius 2 is 1.77 bits per heavy atom. The molecule has 0 bridgehead atoms. The van der Waals surface area contributed by atoms with Crippen molar-refractivity contribution < 1.29 is 33.4 Å². The van der Waals surface area contributed by atoms with Crippen molar-refractivity contribution in [3.05, 3.63) is 64.9 Å². The second-order valence-electron chi connectivity index (χ2n) is 7.28. The van der Waals surface area contributed by atoms with Crippen LogP contribution in [-0.2, 0) is 16.0 Å². The molecule has 0 fully saturated rings. The highest BCUT2D eigenvalue weighted by Crippen LogP contribution is 2.32. The first-order valence-corrected chi connectivity index (χ1v) is 9.42. The Labute approximate surface area is 175 Å². The number of aliphatic carboxylic acids is 1. The minimum Gasteiger partial charge on any atom is -0.505 e. The van der Waals surface area contributed by atoms with E-state index in [2.05, 4.69) is 5.32 Å². The van der Waals surface area contributed by atoms with Crippen LogP contribution in [0.2, 0.25) is 0 Å². The van der Waals surface area contributed by atoms with Crippen molar-refractivity contribution in [2.75, 3.05) is 0 Å². The van der Waals surface area contributed by atoms with Gasteiger partial charge in [0.25, 0.3) is 5.91 Å². The van der Waals surface area contributed by atoms with E-state index in [0.29, 0.717) is 16.6 Å². The third kappa shape index (κ3) is 4.55. The number of benzene rings is 2. The summed E-state index contributed by atoms with van der Waals surface area (Å²) in [5, 5.41) is 21.5. The van der Waals surface area contributed by atoms with Gasteiger partial charge in [-0.05, 0) is 49.7 Å². The highest BCUT2D eigenvalue weighted by Gasteiger charge is 2.24. The third-order valence-corrected chi connectivity index (χ3v) is 4.92. The number of phenols is 1. The van der Waals surface area contributed by atoms with Crippen LogP contribution in [0.25, 0.3) is 10.9 Å². The predicted molar refractivity (Wildman–Crippen MR) is 108 cm³/mol. The number of hydrogen-bond donors (Lipinski definition) is 3. The fourth-order valence-corrected chi connectivity index (χ4v) is 3.49. The van der Waals surface area contributed by atoms with Gasteiger partial charge >= 0.3 is 5.97 Å². The molecule has 0 spiro atoms. The second kappa shape index (κ2) is 8.55. The number of phenolic OH excluding ortho intramolecular Hbond substituents is 1. The highest BCUT2D eigenvalue weighted by atomic mass is 19.1. The Balaban J connectivity index is 2.06. The van der Waals surface area contributed by atoms with Gasteiger partial charge in [-0.2, -0.15) is 0 Å². The van der Waals surface area contributed by atoms with Crippen molar-refractivity contribution in [1.29, 1.82) is 0 Å². The lowest BCUT2D eigenvalue weighted by Crippen LogP contribution is -2.35. The van der Waals surface area contributed by atoms with Crippen LogP contribution in [0.5, 0.6) is 5.75 Å². The Morgan fingerprint density at radius 3 is 2.39 bits per heavy atom. The third-order valence-electron chi connectivity index (χ3n) is 4.92. The van der Waals surface area contributed by atoms with Crippen LogP contribution < -0.4 is 5.32 Å². The van der Waals surface area contributed by atoms with E-state index < -0.39 is 41.2 Å². The summed E-state index contributed by atoms with van der Waals surface area (Å²) in [6.45, 7) is 3.11. The molecule has 2 aromatic carbocycles. The number of carbonyl (C=O) groups is 3. The molecule has 162 valence electrons. The zero-order valence-electron chi connectivity index (χ0n) is 16.8. The Bertz CT molecular complexity index is 1190. The lowest BCUT2D eigenvalue weighted by molar-refractivity contribution is -0.137. The van der Waals surface area contributed by atoms with Crippen LogP contribution in [0.1, 0.15) is 35.0 Å². The fourth-order valence-electron chi connectivity index (χ4n) is 3.49. The number of nitrogens with zero attached hydrogens (tertiary/aromatic N) is 1. The summed E-state index contributed by atoms with van der Waals surface area (Å²) in [6.07, 6.45) is -0.484. The Hall–Kier alpha value is -3.75. The van der Waals surface area contributed by atoms with Gasteiger partial charge in [-0.3, -0.25) is 19.0 Å². The van der Waals surface area contributed by atoms with Gasteiger partial charge in [0, 0.05) is 28.8 Å². The topological polar surface area (TPSA) is 109 Å². The molecule has 7 nitrogen and oxygen atoms in total. The minimum absolute atomic E-state index is 0.142. The summed E-state index contributed by atoms with van der Waals surface area (Å²) < 4.78 is 28.5. The van der Waals surface area contributed by atoms with Crippen LogP contribution in [0.15, 0.2) is 36.4 Å². The standard InChI is InChI=1S/C22H20F2N2O5/c1-11(7-21(29)30)25-20(28)9-15-12(2)26(18-10-17(24)19(27)8-16(15)18)22(31)13-3-5-14(23)6-4-13/h3-6,8,10-11,27H,7,9H2,1-2H3,(H,25,28)(H,29,30). The average molecular weight is 430 g/mol. The number of fused-ring (bicyclic) bond motifs is 1. The molecule has 3 N–H and O–H groups in total. The molecule has 3 aromatic rings. The minimum atomic E-state index is -1.06. The molecule has 0 radical (unpaired) electrons. The maximum absolute atomic E-state index is 14.1. The van der Waals surface area contributed by atoms with Crippen molar-refractivity contribution in [1.82, 2.24) is 9.88 Å². The molecule has 0 aliphatic rings. The van der Waals surface area contributed by atoms with Crippen LogP contribution in [0.4, 0.5) is 8.78 Å². The summed E-state index contributed by atoms with van der Waals surface area (Å²) in [7, 11) is 0. The molecule has 1 aromatic heterocycles. The fraction of sp³-hybridized carbons (Fsp3) is 0.227. The van der Waals surface area contributed by atoms with Gasteiger partial charge in [0.2, 0.25) is 5.91 Å². The van der Waals surface area contributed by atoms with E-state index in [1.54, 1.807) is 13.8 Å². The molecule has 1 unspecified atom stereocenters. The van der Waals surface area contributed by atoms with Gasteiger partial charge in [-0.15, -0.1) is 0 Å². The summed E-state index contributed by atoms with van der Waals surface area (Å²) in [5.74, 6) is -4.21. The first kappa shape index (κ1) is 21.9. The molecule has 3 rings (SSSR count). The van der Waals surface area contributed by atoms with E-state index >= 15 is 0 Å². The number of halogens is 2. The molecule has 0 saturated heterocycles. The monoisotopic (exact) mass is 430 g/mol. The largest absolute Gasteiger partial charge is 0.505 e. The highest BCUT2D eigenvalue weighted by molar-refractivity contribution is 6.05. The van der Waals surface area contributed by atoms with Crippen molar-refractivity contribution in [2.45, 2.75) is 32.7 Å². The number of hydrogen-bond acceptors (Lipinski definition) is 4. The van der Waals surface area contributed by atoms with E-state index in [0.717, 1.165) is 24.3 Å². The van der Waals surface area contributed by atoms with E-state index in [1.807, 2.05) is 0 Å². The molecule has 1 heterocycles. The number of carbonyl (C=O) groups excluding carboxylic acids is 2. The molecule has 31 heavy (non-hydrogen) atoms. The van der Waals surface area contributed by atoms with Gasteiger partial charge in [0.15, 0.2) is 11.6 Å². The first-order valence-electron chi connectivity index (χ1n) is 9.42. The zero-order chi connectivity index (χ0) is 22.9. The van der Waals surface area contributed by atoms with E-state index in [4.69, 9.17) is 5.11 Å². The first-order chi connectivity index (χ1) is 14.6. The van der Waals surface area contributed by atoms with Crippen molar-refractivity contribution in [2.24, 2.45) is 0 Å². The smallest absolute Gasteiger partial charge is 0.305 e. The quantitative estimate of drug-likeness (QED) is 0.557. The lowest BCUT2D eigenvalue weighted by atomic mass is 10.1. The second-order valence-corrected chi connectivity index (χ2v) is 7.28. The number of amides is 1.